The quantitative estimate of drug-likeness (QED) is 0.194. The van der Waals surface area contributed by atoms with Crippen molar-refractivity contribution in [1.29, 1.82) is 0 Å². The number of aldehydes is 1. The number of rotatable bonds is 8. The average Bonchev–Trinajstić information content (AvgIpc) is 3.44. The first-order chi connectivity index (χ1) is 21.0. The predicted octanol–water partition coefficient (Wildman–Crippen LogP) is 6.96. The number of carbonyl (C=O) groups is 3. The van der Waals surface area contributed by atoms with Crippen LogP contribution >= 0.6 is 0 Å². The van der Waals surface area contributed by atoms with Crippen molar-refractivity contribution in [2.75, 3.05) is 22.1 Å². The molecule has 1 aliphatic rings. The number of carbonyl (C=O) groups excluding carboxylic acids is 3. The van der Waals surface area contributed by atoms with Gasteiger partial charge in [-0.2, -0.15) is 0 Å². The van der Waals surface area contributed by atoms with Gasteiger partial charge in [0, 0.05) is 34.3 Å². The molecule has 0 aliphatic carbocycles. The van der Waals surface area contributed by atoms with Crippen LogP contribution in [-0.2, 0) is 4.74 Å². The van der Waals surface area contributed by atoms with Crippen molar-refractivity contribution >= 4 is 41.3 Å². The Balaban J connectivity index is 1.21. The van der Waals surface area contributed by atoms with Crippen LogP contribution in [0.1, 0.15) is 37.9 Å². The fourth-order valence-corrected chi connectivity index (χ4v) is 4.96. The highest BCUT2D eigenvalue weighted by molar-refractivity contribution is 6.07. The summed E-state index contributed by atoms with van der Waals surface area (Å²) >= 11 is 0. The van der Waals surface area contributed by atoms with Gasteiger partial charge in [0.25, 0.3) is 5.91 Å². The molecular weight excluding hydrogens is 542 g/mol. The molecule has 1 fully saturated rings. The summed E-state index contributed by atoms with van der Waals surface area (Å²) in [6, 6.07) is 30.8. The first-order valence-electron chi connectivity index (χ1n) is 13.7. The van der Waals surface area contributed by atoms with Crippen LogP contribution in [0.15, 0.2) is 109 Å². The molecule has 5 aromatic rings. The Morgan fingerprint density at radius 3 is 2.49 bits per heavy atom. The van der Waals surface area contributed by atoms with Gasteiger partial charge in [-0.05, 0) is 54.4 Å². The summed E-state index contributed by atoms with van der Waals surface area (Å²) < 4.78 is 5.31. The molecule has 0 saturated carbocycles. The van der Waals surface area contributed by atoms with Gasteiger partial charge in [0.1, 0.15) is 6.61 Å². The SMILES string of the molecule is Cc1ccc(NC(=O)c2ccc(N3C(=O)OCC3c3ccccc3)c(C=O)c2)cc1Nc1nccc(-c2ccccc2)n1. The number of hydrogen-bond donors (Lipinski definition) is 2. The number of hydrogen-bond acceptors (Lipinski definition) is 7. The lowest BCUT2D eigenvalue weighted by Crippen LogP contribution is -2.28. The van der Waals surface area contributed by atoms with Gasteiger partial charge >= 0.3 is 6.09 Å². The van der Waals surface area contributed by atoms with E-state index in [9.17, 15) is 14.4 Å². The Labute approximate surface area is 248 Å². The molecule has 0 bridgehead atoms. The number of anilines is 4. The van der Waals surface area contributed by atoms with Gasteiger partial charge in [0.15, 0.2) is 6.29 Å². The molecule has 212 valence electrons. The molecule has 1 aliphatic heterocycles. The van der Waals surface area contributed by atoms with E-state index >= 15 is 0 Å². The summed E-state index contributed by atoms with van der Waals surface area (Å²) in [7, 11) is 0. The average molecular weight is 570 g/mol. The Kier molecular flexibility index (Phi) is 7.60. The van der Waals surface area contributed by atoms with Gasteiger partial charge in [0.05, 0.1) is 17.4 Å². The molecular formula is C34H27N5O4. The van der Waals surface area contributed by atoms with Crippen LogP contribution in [0.4, 0.5) is 27.8 Å². The third-order valence-electron chi connectivity index (χ3n) is 7.20. The zero-order valence-electron chi connectivity index (χ0n) is 23.2. The Bertz CT molecular complexity index is 1810. The largest absolute Gasteiger partial charge is 0.447 e. The van der Waals surface area contributed by atoms with E-state index in [4.69, 9.17) is 4.74 Å². The minimum atomic E-state index is -0.549. The Morgan fingerprint density at radius 2 is 1.72 bits per heavy atom. The van der Waals surface area contributed by atoms with Gasteiger partial charge in [-0.25, -0.2) is 14.8 Å². The van der Waals surface area contributed by atoms with E-state index in [0.717, 1.165) is 28.1 Å². The zero-order chi connectivity index (χ0) is 29.8. The van der Waals surface area contributed by atoms with Crippen molar-refractivity contribution in [3.8, 4) is 11.3 Å². The van der Waals surface area contributed by atoms with Crippen LogP contribution in [0.2, 0.25) is 0 Å². The van der Waals surface area contributed by atoms with E-state index in [1.54, 1.807) is 30.5 Å². The van der Waals surface area contributed by atoms with E-state index in [-0.39, 0.29) is 23.8 Å². The highest BCUT2D eigenvalue weighted by atomic mass is 16.6. The zero-order valence-corrected chi connectivity index (χ0v) is 23.2. The summed E-state index contributed by atoms with van der Waals surface area (Å²) in [5, 5.41) is 6.14. The molecule has 1 saturated heterocycles. The third-order valence-corrected chi connectivity index (χ3v) is 7.20. The molecule has 2 amide bonds. The van der Waals surface area contributed by atoms with E-state index in [0.29, 0.717) is 23.6 Å². The van der Waals surface area contributed by atoms with Crippen molar-refractivity contribution < 1.29 is 19.1 Å². The second-order valence-electron chi connectivity index (χ2n) is 10.0. The van der Waals surface area contributed by atoms with Gasteiger partial charge in [-0.15, -0.1) is 0 Å². The lowest BCUT2D eigenvalue weighted by molar-refractivity contribution is 0.102. The first kappa shape index (κ1) is 27.3. The third kappa shape index (κ3) is 5.82. The minimum absolute atomic E-state index is 0.161. The molecule has 0 radical (unpaired) electrons. The maximum Gasteiger partial charge on any atom is 0.415 e. The van der Waals surface area contributed by atoms with E-state index in [1.807, 2.05) is 79.7 Å². The van der Waals surface area contributed by atoms with Crippen LogP contribution in [-0.4, -0.2) is 34.9 Å². The number of amides is 2. The van der Waals surface area contributed by atoms with Gasteiger partial charge < -0.3 is 15.4 Å². The smallest absolute Gasteiger partial charge is 0.415 e. The summed E-state index contributed by atoms with van der Waals surface area (Å²) in [5.74, 6) is 0.0174. The van der Waals surface area contributed by atoms with Gasteiger partial charge in [-0.1, -0.05) is 66.7 Å². The summed E-state index contributed by atoms with van der Waals surface area (Å²) in [5.41, 5.74) is 5.70. The molecule has 0 spiro atoms. The predicted molar refractivity (Wildman–Crippen MR) is 165 cm³/mol. The van der Waals surface area contributed by atoms with Crippen LogP contribution in [0.25, 0.3) is 11.3 Å². The number of nitrogens with zero attached hydrogens (tertiary/aromatic N) is 3. The molecule has 9 heteroatoms. The number of aromatic nitrogens is 2. The molecule has 1 aromatic heterocycles. The normalized spacial score (nSPS) is 14.2. The molecule has 4 aromatic carbocycles. The van der Waals surface area contributed by atoms with Crippen LogP contribution in [0, 0.1) is 6.92 Å². The van der Waals surface area contributed by atoms with Gasteiger partial charge in [-0.3, -0.25) is 14.5 Å². The highest BCUT2D eigenvalue weighted by Gasteiger charge is 2.36. The molecule has 43 heavy (non-hydrogen) atoms. The van der Waals surface area contributed by atoms with Crippen molar-refractivity contribution in [2.45, 2.75) is 13.0 Å². The van der Waals surface area contributed by atoms with E-state index in [1.165, 1.54) is 11.0 Å². The van der Waals surface area contributed by atoms with Crippen molar-refractivity contribution in [1.82, 2.24) is 9.97 Å². The number of cyclic esters (lactones) is 1. The van der Waals surface area contributed by atoms with E-state index in [2.05, 4.69) is 20.6 Å². The topological polar surface area (TPSA) is 114 Å². The van der Waals surface area contributed by atoms with Crippen molar-refractivity contribution in [2.24, 2.45) is 0 Å². The monoisotopic (exact) mass is 569 g/mol. The number of benzene rings is 4. The first-order valence-corrected chi connectivity index (χ1v) is 13.7. The molecule has 6 rings (SSSR count). The lowest BCUT2D eigenvalue weighted by Gasteiger charge is -2.23. The minimum Gasteiger partial charge on any atom is -0.447 e. The Morgan fingerprint density at radius 1 is 0.953 bits per heavy atom. The summed E-state index contributed by atoms with van der Waals surface area (Å²) in [4.78, 5) is 48.4. The van der Waals surface area contributed by atoms with Crippen LogP contribution in [0.5, 0.6) is 0 Å². The molecule has 1 atom stereocenters. The van der Waals surface area contributed by atoms with Crippen molar-refractivity contribution in [3.63, 3.8) is 0 Å². The summed E-state index contributed by atoms with van der Waals surface area (Å²) in [6.45, 7) is 2.10. The van der Waals surface area contributed by atoms with Gasteiger partial charge in [0.2, 0.25) is 5.95 Å². The van der Waals surface area contributed by atoms with E-state index < -0.39 is 12.0 Å². The van der Waals surface area contributed by atoms with Crippen LogP contribution < -0.4 is 15.5 Å². The fraction of sp³-hybridized carbons (Fsp3) is 0.0882. The molecule has 1 unspecified atom stereocenters. The van der Waals surface area contributed by atoms with Crippen LogP contribution in [0.3, 0.4) is 0 Å². The maximum atomic E-state index is 13.2. The molecule has 2 N–H and O–H groups in total. The molecule has 9 nitrogen and oxygen atoms in total. The standard InChI is InChI=1S/C34H27N5O4/c1-22-12-14-27(19-29(22)38-33-35-17-16-28(37-33)23-8-4-2-5-9-23)36-32(41)25-13-15-30(26(18-25)20-40)39-31(21-43-34(39)42)24-10-6-3-7-11-24/h2-20,31H,21H2,1H3,(H,36,41)(H,35,37,38). The number of ether oxygens (including phenoxy) is 1. The lowest BCUT2D eigenvalue weighted by atomic mass is 10.0. The fourth-order valence-electron chi connectivity index (χ4n) is 4.96. The highest BCUT2D eigenvalue weighted by Crippen LogP contribution is 2.35. The Hall–Kier alpha value is -5.83. The van der Waals surface area contributed by atoms with Crippen molar-refractivity contribution in [3.05, 3.63) is 132 Å². The maximum absolute atomic E-state index is 13.2. The number of nitrogens with one attached hydrogen (secondary N) is 2. The summed E-state index contributed by atoms with van der Waals surface area (Å²) in [6.07, 6.45) is 1.78. The second kappa shape index (κ2) is 12.0. The number of aryl methyl sites for hydroxylation is 1. The second-order valence-corrected chi connectivity index (χ2v) is 10.0. The molecule has 2 heterocycles.